The Kier molecular flexibility index (Phi) is 8.53. The van der Waals surface area contributed by atoms with Gasteiger partial charge in [0, 0.05) is 18.4 Å². The summed E-state index contributed by atoms with van der Waals surface area (Å²) in [4.78, 5) is 53.9. The van der Waals surface area contributed by atoms with E-state index in [0.29, 0.717) is 11.1 Å². The fourth-order valence-corrected chi connectivity index (χ4v) is 6.46. The zero-order valence-electron chi connectivity index (χ0n) is 26.2. The van der Waals surface area contributed by atoms with E-state index in [4.69, 9.17) is 5.26 Å². The van der Waals surface area contributed by atoms with Gasteiger partial charge in [0.2, 0.25) is 0 Å². The molecule has 4 rings (SSSR count). The summed E-state index contributed by atoms with van der Waals surface area (Å²) in [5, 5.41) is 39.1. The van der Waals surface area contributed by atoms with Crippen molar-refractivity contribution in [3.63, 3.8) is 0 Å². The van der Waals surface area contributed by atoms with Crippen molar-refractivity contribution in [3.05, 3.63) is 94.3 Å². The molecule has 0 aliphatic heterocycles. The van der Waals surface area contributed by atoms with Crippen molar-refractivity contribution in [2.24, 2.45) is 16.2 Å². The summed E-state index contributed by atoms with van der Waals surface area (Å²) >= 11 is 0. The number of benzene rings is 3. The van der Waals surface area contributed by atoms with Crippen LogP contribution in [0.4, 0.5) is 0 Å². The Morgan fingerprint density at radius 1 is 0.800 bits per heavy atom. The highest BCUT2D eigenvalue weighted by atomic mass is 16.4. The van der Waals surface area contributed by atoms with Crippen LogP contribution in [-0.2, 0) is 15.1 Å². The van der Waals surface area contributed by atoms with Crippen molar-refractivity contribution in [3.8, 4) is 17.2 Å². The van der Waals surface area contributed by atoms with E-state index in [2.05, 4.69) is 16.4 Å². The Bertz CT molecular complexity index is 1840. The van der Waals surface area contributed by atoms with Gasteiger partial charge in [-0.15, -0.1) is 5.10 Å². The van der Waals surface area contributed by atoms with Crippen LogP contribution in [0.5, 0.6) is 0 Å². The van der Waals surface area contributed by atoms with Crippen LogP contribution < -0.4 is 5.56 Å². The third-order valence-corrected chi connectivity index (χ3v) is 8.80. The Morgan fingerprint density at radius 2 is 1.31 bits per heavy atom. The Balaban J connectivity index is 1.85. The van der Waals surface area contributed by atoms with E-state index >= 15 is 0 Å². The molecule has 0 amide bonds. The first kappa shape index (κ1) is 32.7. The molecule has 0 aliphatic rings. The average Bonchev–Trinajstić information content (AvgIpc) is 2.98. The van der Waals surface area contributed by atoms with Gasteiger partial charge < -0.3 is 10.2 Å². The molecule has 0 saturated carbocycles. The van der Waals surface area contributed by atoms with Crippen molar-refractivity contribution < 1.29 is 24.6 Å². The third kappa shape index (κ3) is 5.74. The molecule has 232 valence electrons. The quantitative estimate of drug-likeness (QED) is 0.173. The van der Waals surface area contributed by atoms with Gasteiger partial charge in [0.25, 0.3) is 5.56 Å². The van der Waals surface area contributed by atoms with Gasteiger partial charge in [-0.05, 0) is 46.2 Å². The maximum atomic E-state index is 14.0. The summed E-state index contributed by atoms with van der Waals surface area (Å²) in [6.07, 6.45) is -1.49. The molecule has 0 unspecified atom stereocenters. The fraction of sp³-hybridized carbons (Fsp3) is 0.343. The van der Waals surface area contributed by atoms with Gasteiger partial charge in [-0.2, -0.15) is 5.26 Å². The van der Waals surface area contributed by atoms with Gasteiger partial charge >= 0.3 is 11.9 Å². The fourth-order valence-electron chi connectivity index (χ4n) is 6.46. The van der Waals surface area contributed by atoms with Crippen molar-refractivity contribution in [2.45, 2.75) is 59.9 Å². The maximum absolute atomic E-state index is 14.0. The zero-order valence-corrected chi connectivity index (χ0v) is 26.2. The van der Waals surface area contributed by atoms with Crippen molar-refractivity contribution in [1.82, 2.24) is 15.0 Å². The lowest BCUT2D eigenvalue weighted by molar-refractivity contribution is -0.172. The van der Waals surface area contributed by atoms with Crippen LogP contribution in [0, 0.1) is 27.6 Å². The second kappa shape index (κ2) is 11.7. The first-order valence-corrected chi connectivity index (χ1v) is 14.4. The van der Waals surface area contributed by atoms with Crippen LogP contribution in [0.15, 0.2) is 77.6 Å². The number of nitrogens with zero attached hydrogens (tertiary/aromatic N) is 4. The lowest BCUT2D eigenvalue weighted by atomic mass is 9.54. The standard InChI is InChI=1S/C35H36N4O6/c1-32(2,3)35(33(4,5)6,39-29(41)26-9-7-8-10-27(26)37-38-39)21-34(30(42)43,31(44)45)19-28(40)25-17-15-24(16-18-25)23-13-11-22(20-36)12-14-23/h7-18H,19,21H2,1-6H3,(H,42,43)(H,44,45). The highest BCUT2D eigenvalue weighted by Crippen LogP contribution is 2.55. The largest absolute Gasteiger partial charge is 0.480 e. The van der Waals surface area contributed by atoms with Gasteiger partial charge in [0.05, 0.1) is 22.6 Å². The van der Waals surface area contributed by atoms with E-state index < -0.39 is 57.9 Å². The predicted octanol–water partition coefficient (Wildman–Crippen LogP) is 5.94. The zero-order chi connectivity index (χ0) is 33.4. The Labute approximate surface area is 260 Å². The van der Waals surface area contributed by atoms with Gasteiger partial charge in [-0.1, -0.05) is 95.3 Å². The maximum Gasteiger partial charge on any atom is 0.321 e. The highest BCUT2D eigenvalue weighted by molar-refractivity contribution is 6.06. The molecule has 45 heavy (non-hydrogen) atoms. The number of Topliss-reactive ketones (excluding diaryl/α,β-unsaturated/α-hetero) is 1. The number of nitriles is 1. The molecule has 1 heterocycles. The summed E-state index contributed by atoms with van der Waals surface area (Å²) < 4.78 is 1.13. The van der Waals surface area contributed by atoms with Crippen LogP contribution in [-0.4, -0.2) is 42.9 Å². The molecular formula is C35H36N4O6. The van der Waals surface area contributed by atoms with Gasteiger partial charge in [-0.3, -0.25) is 19.2 Å². The average molecular weight is 609 g/mol. The van der Waals surface area contributed by atoms with E-state index in [9.17, 15) is 29.4 Å². The van der Waals surface area contributed by atoms with Crippen LogP contribution in [0.2, 0.25) is 0 Å². The second-order valence-corrected chi connectivity index (χ2v) is 13.4. The minimum atomic E-state index is -2.63. The van der Waals surface area contributed by atoms with Crippen molar-refractivity contribution >= 4 is 28.6 Å². The molecule has 0 radical (unpaired) electrons. The van der Waals surface area contributed by atoms with Gasteiger partial charge in [-0.25, -0.2) is 4.68 Å². The van der Waals surface area contributed by atoms with Crippen LogP contribution >= 0.6 is 0 Å². The number of carbonyl (C=O) groups is 3. The first-order valence-electron chi connectivity index (χ1n) is 14.4. The number of fused-ring (bicyclic) bond motifs is 1. The number of hydrogen-bond donors (Lipinski definition) is 2. The SMILES string of the molecule is CC(C)(C)C(CC(CC(=O)c1ccc(-c2ccc(C#N)cc2)cc1)(C(=O)O)C(=O)O)(n1nnc2ccccc2c1=O)C(C)(C)C. The molecule has 10 nitrogen and oxygen atoms in total. The molecular weight excluding hydrogens is 572 g/mol. The number of ketones is 1. The molecule has 2 N–H and O–H groups in total. The molecule has 3 aromatic carbocycles. The van der Waals surface area contributed by atoms with Crippen molar-refractivity contribution in [2.75, 3.05) is 0 Å². The van der Waals surface area contributed by atoms with Gasteiger partial charge in [0.1, 0.15) is 5.52 Å². The smallest absolute Gasteiger partial charge is 0.321 e. The lowest BCUT2D eigenvalue weighted by Gasteiger charge is -2.55. The van der Waals surface area contributed by atoms with Crippen LogP contribution in [0.3, 0.4) is 0 Å². The lowest BCUT2D eigenvalue weighted by Crippen LogP contribution is -2.63. The molecule has 0 fully saturated rings. The van der Waals surface area contributed by atoms with Crippen LogP contribution in [0.1, 0.15) is 70.3 Å². The molecule has 0 spiro atoms. The summed E-state index contributed by atoms with van der Waals surface area (Å²) in [7, 11) is 0. The third-order valence-electron chi connectivity index (χ3n) is 8.80. The van der Waals surface area contributed by atoms with E-state index in [-0.39, 0.29) is 10.9 Å². The molecule has 4 aromatic rings. The number of carboxylic acids is 2. The molecule has 1 aromatic heterocycles. The summed E-state index contributed by atoms with van der Waals surface area (Å²) in [6.45, 7) is 10.7. The number of carbonyl (C=O) groups excluding carboxylic acids is 1. The van der Waals surface area contributed by atoms with Crippen molar-refractivity contribution in [1.29, 1.82) is 5.26 Å². The minimum absolute atomic E-state index is 0.138. The van der Waals surface area contributed by atoms with Gasteiger partial charge in [0.15, 0.2) is 11.2 Å². The Hall–Kier alpha value is -5.17. The summed E-state index contributed by atoms with van der Waals surface area (Å²) in [5.41, 5.74) is -4.07. The molecule has 0 saturated heterocycles. The topological polar surface area (TPSA) is 163 Å². The number of carboxylic acid groups (broad SMARTS) is 2. The minimum Gasteiger partial charge on any atom is -0.480 e. The van der Waals surface area contributed by atoms with Crippen LogP contribution in [0.25, 0.3) is 22.0 Å². The highest BCUT2D eigenvalue weighted by Gasteiger charge is 2.62. The van der Waals surface area contributed by atoms with E-state index in [1.54, 1.807) is 102 Å². The Morgan fingerprint density at radius 3 is 1.80 bits per heavy atom. The molecule has 0 atom stereocenters. The normalized spacial score (nSPS) is 12.5. The number of aromatic nitrogens is 3. The van der Waals surface area contributed by atoms with E-state index in [1.165, 1.54) is 12.1 Å². The number of hydrogen-bond acceptors (Lipinski definition) is 7. The summed E-state index contributed by atoms with van der Waals surface area (Å²) in [6, 6.07) is 21.9. The molecule has 0 bridgehead atoms. The predicted molar refractivity (Wildman–Crippen MR) is 169 cm³/mol. The number of rotatable bonds is 9. The molecule has 10 heteroatoms. The summed E-state index contributed by atoms with van der Waals surface area (Å²) in [5.74, 6) is -4.07. The van der Waals surface area contributed by atoms with E-state index in [0.717, 1.165) is 15.8 Å². The number of aliphatic carboxylic acids is 2. The second-order valence-electron chi connectivity index (χ2n) is 13.4. The first-order chi connectivity index (χ1) is 21.0. The molecule has 0 aliphatic carbocycles. The van der Waals surface area contributed by atoms with E-state index in [1.807, 2.05) is 0 Å². The monoisotopic (exact) mass is 608 g/mol.